The van der Waals surface area contributed by atoms with E-state index in [1.165, 1.54) is 30.1 Å². The Morgan fingerprint density at radius 2 is 1.92 bits per heavy atom. The second kappa shape index (κ2) is 11.2. The number of carbonyl (C=O) groups is 1. The molecule has 0 radical (unpaired) electrons. The first-order chi connectivity index (χ1) is 18.5. The highest BCUT2D eigenvalue weighted by molar-refractivity contribution is 6.35. The molecule has 0 saturated carbocycles. The minimum Gasteiger partial charge on any atom is -0.491 e. The number of rotatable bonds is 7. The molecule has 2 aromatic heterocycles. The largest absolute Gasteiger partial charge is 0.491 e. The molecule has 2 heterocycles. The average molecular weight is 577 g/mol. The fraction of sp³-hybridized carbons (Fsp3) is 0.160. The van der Waals surface area contributed by atoms with Gasteiger partial charge in [0.25, 0.3) is 5.91 Å². The minimum atomic E-state index is -4.74. The Bertz CT molecular complexity index is 1650. The summed E-state index contributed by atoms with van der Waals surface area (Å²) in [5.41, 5.74) is -1.43. The molecule has 0 aliphatic heterocycles. The van der Waals surface area contributed by atoms with Crippen LogP contribution in [0.4, 0.5) is 18.9 Å². The number of hydrogen-bond acceptors (Lipinski definition) is 6. The minimum absolute atomic E-state index is 0.0333. The first-order valence-corrected chi connectivity index (χ1v) is 11.9. The summed E-state index contributed by atoms with van der Waals surface area (Å²) in [4.78, 5) is 31.8. The molecule has 0 aliphatic rings. The Morgan fingerprint density at radius 3 is 2.59 bits per heavy atom. The maximum Gasteiger partial charge on any atom is 0.433 e. The number of amides is 1. The molecule has 0 spiro atoms. The van der Waals surface area contributed by atoms with E-state index in [4.69, 9.17) is 27.9 Å². The van der Waals surface area contributed by atoms with E-state index < -0.39 is 23.5 Å². The number of anilines is 1. The van der Waals surface area contributed by atoms with Gasteiger partial charge in [-0.15, -0.1) is 0 Å². The van der Waals surface area contributed by atoms with Crippen molar-refractivity contribution in [3.63, 3.8) is 0 Å². The third-order valence-electron chi connectivity index (χ3n) is 5.55. The summed E-state index contributed by atoms with van der Waals surface area (Å²) < 4.78 is 45.0. The number of nitrogens with zero attached hydrogens (tertiary/aromatic N) is 4. The zero-order valence-electron chi connectivity index (χ0n) is 19.9. The van der Waals surface area contributed by atoms with Crippen LogP contribution in [-0.4, -0.2) is 39.7 Å². The molecule has 4 rings (SSSR count). The van der Waals surface area contributed by atoms with E-state index in [1.54, 1.807) is 24.3 Å². The SMILES string of the molecule is CN(C(=O)c1ccc(Cl)c(-c2cnc(C(F)(F)F)cc2C#N)c1)c1c(Cl)cccc1OCCc1n[nH]c(=O)[nH]1. The first kappa shape index (κ1) is 27.7. The summed E-state index contributed by atoms with van der Waals surface area (Å²) >= 11 is 12.7. The molecular formula is C25H17Cl2F3N6O3. The molecular weight excluding hydrogens is 560 g/mol. The Kier molecular flexibility index (Phi) is 7.94. The third-order valence-corrected chi connectivity index (χ3v) is 6.19. The molecule has 39 heavy (non-hydrogen) atoms. The summed E-state index contributed by atoms with van der Waals surface area (Å²) in [6.07, 6.45) is -3.57. The first-order valence-electron chi connectivity index (χ1n) is 11.1. The van der Waals surface area contributed by atoms with Crippen molar-refractivity contribution in [2.75, 3.05) is 18.6 Å². The highest BCUT2D eigenvalue weighted by Crippen LogP contribution is 2.38. The Hall–Kier alpha value is -4.34. The number of aromatic nitrogens is 4. The second-order valence-electron chi connectivity index (χ2n) is 8.09. The van der Waals surface area contributed by atoms with Crippen molar-refractivity contribution in [1.82, 2.24) is 20.2 Å². The second-order valence-corrected chi connectivity index (χ2v) is 8.91. The van der Waals surface area contributed by atoms with Gasteiger partial charge in [0.2, 0.25) is 0 Å². The van der Waals surface area contributed by atoms with Gasteiger partial charge in [0.05, 0.1) is 23.3 Å². The molecule has 2 N–H and O–H groups in total. The zero-order chi connectivity index (χ0) is 28.3. The van der Waals surface area contributed by atoms with Crippen molar-refractivity contribution in [3.05, 3.63) is 91.8 Å². The molecule has 1 amide bonds. The molecule has 14 heteroatoms. The van der Waals surface area contributed by atoms with Crippen LogP contribution in [0.3, 0.4) is 0 Å². The lowest BCUT2D eigenvalue weighted by Gasteiger charge is -2.22. The van der Waals surface area contributed by atoms with Gasteiger partial charge in [0.15, 0.2) is 0 Å². The number of pyridine rings is 1. The highest BCUT2D eigenvalue weighted by Gasteiger charge is 2.33. The van der Waals surface area contributed by atoms with Crippen LogP contribution in [0.25, 0.3) is 11.1 Å². The standard InChI is InChI=1S/C25H17Cl2F3N6O3/c1-36(22-18(27)3-2-4-19(22)39-8-7-21-33-24(38)35-34-21)23(37)13-5-6-17(26)15(9-13)16-12-32-20(25(28,29)30)10-14(16)11-31/h2-6,9-10,12H,7-8H2,1H3,(H2,33,34,35,38). The normalized spacial score (nSPS) is 11.2. The van der Waals surface area contributed by atoms with Crippen molar-refractivity contribution in [1.29, 1.82) is 5.26 Å². The number of hydrogen-bond donors (Lipinski definition) is 2. The van der Waals surface area contributed by atoms with Crippen LogP contribution in [0, 0.1) is 11.3 Å². The van der Waals surface area contributed by atoms with Gasteiger partial charge in [-0.25, -0.2) is 9.89 Å². The third kappa shape index (κ3) is 6.05. The predicted molar refractivity (Wildman–Crippen MR) is 137 cm³/mol. The van der Waals surface area contributed by atoms with Gasteiger partial charge in [0, 0.05) is 41.4 Å². The Labute approximate surface area is 228 Å². The van der Waals surface area contributed by atoms with E-state index >= 15 is 0 Å². The number of nitriles is 1. The fourth-order valence-corrected chi connectivity index (χ4v) is 4.21. The average Bonchev–Trinajstić information content (AvgIpc) is 3.32. The summed E-state index contributed by atoms with van der Waals surface area (Å²) in [6, 6.07) is 11.3. The summed E-state index contributed by atoms with van der Waals surface area (Å²) in [5.74, 6) is 0.126. The summed E-state index contributed by atoms with van der Waals surface area (Å²) in [6.45, 7) is 0.110. The number of carbonyl (C=O) groups excluding carboxylic acids is 1. The van der Waals surface area contributed by atoms with Gasteiger partial charge in [0.1, 0.15) is 23.0 Å². The van der Waals surface area contributed by atoms with E-state index in [1.807, 2.05) is 0 Å². The van der Waals surface area contributed by atoms with Crippen LogP contribution in [0.2, 0.25) is 10.0 Å². The van der Waals surface area contributed by atoms with E-state index in [0.29, 0.717) is 11.9 Å². The van der Waals surface area contributed by atoms with Crippen LogP contribution in [0.15, 0.2) is 53.5 Å². The Balaban J connectivity index is 1.63. The lowest BCUT2D eigenvalue weighted by molar-refractivity contribution is -0.141. The molecule has 0 unspecified atom stereocenters. The fourth-order valence-electron chi connectivity index (χ4n) is 3.70. The van der Waals surface area contributed by atoms with Gasteiger partial charge >= 0.3 is 11.9 Å². The molecule has 2 aromatic carbocycles. The topological polar surface area (TPSA) is 128 Å². The van der Waals surface area contributed by atoms with Crippen LogP contribution < -0.4 is 15.3 Å². The van der Waals surface area contributed by atoms with Crippen molar-refractivity contribution in [3.8, 4) is 22.9 Å². The molecule has 0 bridgehead atoms. The van der Waals surface area contributed by atoms with Crippen LogP contribution in [0.1, 0.15) is 27.4 Å². The van der Waals surface area contributed by atoms with Crippen molar-refractivity contribution in [2.24, 2.45) is 0 Å². The molecule has 0 saturated heterocycles. The number of ether oxygens (including phenoxy) is 1. The molecule has 4 aromatic rings. The van der Waals surface area contributed by atoms with Crippen LogP contribution in [0.5, 0.6) is 5.75 Å². The number of halogens is 5. The molecule has 0 fully saturated rings. The number of para-hydroxylation sites is 1. The number of nitrogens with one attached hydrogen (secondary N) is 2. The van der Waals surface area contributed by atoms with Gasteiger partial charge < -0.3 is 9.64 Å². The van der Waals surface area contributed by atoms with Gasteiger partial charge in [-0.3, -0.25) is 14.8 Å². The van der Waals surface area contributed by atoms with Crippen LogP contribution >= 0.6 is 23.2 Å². The monoisotopic (exact) mass is 576 g/mol. The number of alkyl halides is 3. The van der Waals surface area contributed by atoms with Crippen molar-refractivity contribution >= 4 is 34.8 Å². The molecule has 9 nitrogen and oxygen atoms in total. The Morgan fingerprint density at radius 1 is 1.15 bits per heavy atom. The molecule has 0 atom stereocenters. The lowest BCUT2D eigenvalue weighted by atomic mass is 9.99. The van der Waals surface area contributed by atoms with Gasteiger partial charge in [-0.2, -0.15) is 23.5 Å². The van der Waals surface area contributed by atoms with Crippen molar-refractivity contribution < 1.29 is 22.7 Å². The van der Waals surface area contributed by atoms with Crippen molar-refractivity contribution in [2.45, 2.75) is 12.6 Å². The van der Waals surface area contributed by atoms with E-state index in [9.17, 15) is 28.0 Å². The highest BCUT2D eigenvalue weighted by atomic mass is 35.5. The van der Waals surface area contributed by atoms with E-state index in [0.717, 1.165) is 6.20 Å². The van der Waals surface area contributed by atoms with Gasteiger partial charge in [-0.05, 0) is 36.4 Å². The van der Waals surface area contributed by atoms with E-state index in [2.05, 4.69) is 20.2 Å². The zero-order valence-corrected chi connectivity index (χ0v) is 21.4. The summed E-state index contributed by atoms with van der Waals surface area (Å²) in [5, 5.41) is 15.8. The quantitative estimate of drug-likeness (QED) is 0.309. The number of aromatic amines is 2. The molecule has 0 aliphatic carbocycles. The van der Waals surface area contributed by atoms with E-state index in [-0.39, 0.29) is 56.8 Å². The number of benzene rings is 2. The maximum atomic E-state index is 13.5. The predicted octanol–water partition coefficient (Wildman–Crippen LogP) is 5.26. The number of H-pyrrole nitrogens is 2. The smallest absolute Gasteiger partial charge is 0.433 e. The maximum absolute atomic E-state index is 13.5. The lowest BCUT2D eigenvalue weighted by Crippen LogP contribution is -2.27. The molecule has 200 valence electrons. The van der Waals surface area contributed by atoms with Gasteiger partial charge in [-0.1, -0.05) is 29.3 Å². The summed E-state index contributed by atoms with van der Waals surface area (Å²) in [7, 11) is 1.47. The van der Waals surface area contributed by atoms with Crippen LogP contribution in [-0.2, 0) is 12.6 Å².